The third-order valence-electron chi connectivity index (χ3n) is 1.41. The van der Waals surface area contributed by atoms with Crippen LogP contribution in [0.15, 0.2) is 16.9 Å². The van der Waals surface area contributed by atoms with Crippen molar-refractivity contribution in [3.63, 3.8) is 0 Å². The van der Waals surface area contributed by atoms with Crippen LogP contribution in [-0.4, -0.2) is 4.98 Å². The van der Waals surface area contributed by atoms with Crippen molar-refractivity contribution in [1.82, 2.24) is 4.98 Å². The van der Waals surface area contributed by atoms with E-state index in [4.69, 9.17) is 0 Å². The Balaban J connectivity index is 0.000000461. The minimum atomic E-state index is 1.09. The first-order valence-corrected chi connectivity index (χ1v) is 4.58. The molecule has 62 valence electrons. The Morgan fingerprint density at radius 1 is 1.18 bits per heavy atom. The summed E-state index contributed by atoms with van der Waals surface area (Å²) >= 11 is 3.38. The van der Waals surface area contributed by atoms with E-state index in [1.807, 2.05) is 33.2 Å². The summed E-state index contributed by atoms with van der Waals surface area (Å²) in [5.41, 5.74) is 2.49. The number of hydrogen-bond donors (Lipinski definition) is 0. The monoisotopic (exact) mass is 215 g/mol. The first kappa shape index (κ1) is 10.6. The Morgan fingerprint density at radius 2 is 1.73 bits per heavy atom. The van der Waals surface area contributed by atoms with Gasteiger partial charge in [0.05, 0.1) is 0 Å². The van der Waals surface area contributed by atoms with Crippen LogP contribution in [-0.2, 0) is 0 Å². The summed E-state index contributed by atoms with van der Waals surface area (Å²) in [6, 6.07) is 0. The quantitative estimate of drug-likeness (QED) is 0.646. The van der Waals surface area contributed by atoms with Gasteiger partial charge in [0.15, 0.2) is 0 Å². The summed E-state index contributed by atoms with van der Waals surface area (Å²) in [6.07, 6.45) is 3.67. The van der Waals surface area contributed by atoms with E-state index < -0.39 is 0 Å². The van der Waals surface area contributed by atoms with Crippen molar-refractivity contribution in [3.8, 4) is 0 Å². The Hall–Kier alpha value is -0.370. The fourth-order valence-corrected chi connectivity index (χ4v) is 1.03. The number of aromatic nitrogens is 1. The van der Waals surface area contributed by atoms with E-state index in [1.165, 1.54) is 11.1 Å². The van der Waals surface area contributed by atoms with Crippen LogP contribution in [0.3, 0.4) is 0 Å². The number of pyridine rings is 1. The second-order valence-corrected chi connectivity index (χ2v) is 2.92. The number of rotatable bonds is 0. The normalized spacial score (nSPS) is 8.45. The number of hydrogen-bond acceptors (Lipinski definition) is 1. The molecule has 0 aliphatic heterocycles. The van der Waals surface area contributed by atoms with Crippen LogP contribution in [0.1, 0.15) is 25.0 Å². The maximum atomic E-state index is 4.00. The Labute approximate surface area is 77.0 Å². The molecule has 0 bridgehead atoms. The maximum Gasteiger partial charge on any atom is 0.0413 e. The van der Waals surface area contributed by atoms with E-state index in [-0.39, 0.29) is 0 Å². The topological polar surface area (TPSA) is 12.9 Å². The minimum absolute atomic E-state index is 1.09. The molecule has 11 heavy (non-hydrogen) atoms. The molecule has 1 rings (SSSR count). The van der Waals surface area contributed by atoms with E-state index in [0.717, 1.165) is 4.47 Å². The van der Waals surface area contributed by atoms with Crippen LogP contribution in [0.5, 0.6) is 0 Å². The molecule has 0 atom stereocenters. The van der Waals surface area contributed by atoms with Crippen molar-refractivity contribution in [2.24, 2.45) is 0 Å². The van der Waals surface area contributed by atoms with Crippen LogP contribution < -0.4 is 0 Å². The number of aryl methyl sites for hydroxylation is 1. The molecule has 2 heteroatoms. The van der Waals surface area contributed by atoms with Gasteiger partial charge >= 0.3 is 0 Å². The lowest BCUT2D eigenvalue weighted by molar-refractivity contribution is 1.19. The van der Waals surface area contributed by atoms with Crippen LogP contribution >= 0.6 is 15.9 Å². The van der Waals surface area contributed by atoms with E-state index >= 15 is 0 Å². The van der Waals surface area contributed by atoms with Gasteiger partial charge in [-0.1, -0.05) is 13.8 Å². The van der Waals surface area contributed by atoms with Gasteiger partial charge in [-0.2, -0.15) is 0 Å². The third-order valence-corrected chi connectivity index (χ3v) is 2.21. The summed E-state index contributed by atoms with van der Waals surface area (Å²) in [5.74, 6) is 0. The predicted molar refractivity (Wildman–Crippen MR) is 52.8 cm³/mol. The molecule has 1 nitrogen and oxygen atoms in total. The summed E-state index contributed by atoms with van der Waals surface area (Å²) in [7, 11) is 0. The van der Waals surface area contributed by atoms with Crippen molar-refractivity contribution in [2.45, 2.75) is 27.7 Å². The fraction of sp³-hybridized carbons (Fsp3) is 0.444. The zero-order valence-electron chi connectivity index (χ0n) is 7.48. The molecule has 0 fully saturated rings. The van der Waals surface area contributed by atoms with Crippen LogP contribution in [0, 0.1) is 13.8 Å². The van der Waals surface area contributed by atoms with Crippen molar-refractivity contribution in [2.75, 3.05) is 0 Å². The van der Waals surface area contributed by atoms with Crippen LogP contribution in [0.25, 0.3) is 0 Å². The third kappa shape index (κ3) is 3.02. The Morgan fingerprint density at radius 3 is 2.09 bits per heavy atom. The lowest BCUT2D eigenvalue weighted by atomic mass is 10.2. The zero-order chi connectivity index (χ0) is 8.85. The van der Waals surface area contributed by atoms with Crippen LogP contribution in [0.4, 0.5) is 0 Å². The second-order valence-electron chi connectivity index (χ2n) is 2.06. The van der Waals surface area contributed by atoms with Gasteiger partial charge in [0.2, 0.25) is 0 Å². The highest BCUT2D eigenvalue weighted by Gasteiger charge is 1.94. The van der Waals surface area contributed by atoms with E-state index in [1.54, 1.807) is 0 Å². The Kier molecular flexibility index (Phi) is 5.12. The van der Waals surface area contributed by atoms with Gasteiger partial charge in [0.25, 0.3) is 0 Å². The standard InChI is InChI=1S/C7H8BrN.C2H6/c1-5-3-9-4-7(8)6(5)2;1-2/h3-4H,1-2H3;1-2H3. The van der Waals surface area contributed by atoms with E-state index in [2.05, 4.69) is 27.8 Å². The summed E-state index contributed by atoms with van der Waals surface area (Å²) < 4.78 is 1.09. The highest BCUT2D eigenvalue weighted by atomic mass is 79.9. The summed E-state index contributed by atoms with van der Waals surface area (Å²) in [4.78, 5) is 4.00. The molecule has 0 amide bonds. The molecule has 0 aliphatic rings. The molecule has 0 unspecified atom stereocenters. The molecule has 0 aromatic carbocycles. The molecular weight excluding hydrogens is 202 g/mol. The second kappa shape index (κ2) is 5.30. The first-order chi connectivity index (χ1) is 5.22. The van der Waals surface area contributed by atoms with Gasteiger partial charge in [-0.3, -0.25) is 4.98 Å². The molecule has 0 spiro atoms. The maximum absolute atomic E-state index is 4.00. The molecule has 0 N–H and O–H groups in total. The lowest BCUT2D eigenvalue weighted by Crippen LogP contribution is -1.82. The largest absolute Gasteiger partial charge is 0.263 e. The highest BCUT2D eigenvalue weighted by molar-refractivity contribution is 9.10. The van der Waals surface area contributed by atoms with Crippen molar-refractivity contribution in [3.05, 3.63) is 28.0 Å². The summed E-state index contributed by atoms with van der Waals surface area (Å²) in [5, 5.41) is 0. The van der Waals surface area contributed by atoms with Gasteiger partial charge in [0, 0.05) is 16.9 Å². The molecule has 1 aromatic rings. The van der Waals surface area contributed by atoms with Gasteiger partial charge in [0.1, 0.15) is 0 Å². The molecule has 0 aliphatic carbocycles. The average Bonchev–Trinajstić information content (AvgIpc) is 2.04. The van der Waals surface area contributed by atoms with E-state index in [9.17, 15) is 0 Å². The Bertz CT molecular complexity index is 201. The van der Waals surface area contributed by atoms with Gasteiger partial charge in [-0.05, 0) is 40.9 Å². The lowest BCUT2D eigenvalue weighted by Gasteiger charge is -1.98. The fourth-order valence-electron chi connectivity index (χ4n) is 0.597. The van der Waals surface area contributed by atoms with Crippen molar-refractivity contribution >= 4 is 15.9 Å². The SMILES string of the molecule is CC.Cc1cncc(Br)c1C. The smallest absolute Gasteiger partial charge is 0.0413 e. The molecule has 0 saturated carbocycles. The molecule has 0 radical (unpaired) electrons. The van der Waals surface area contributed by atoms with Gasteiger partial charge < -0.3 is 0 Å². The molecular formula is C9H14BrN. The van der Waals surface area contributed by atoms with E-state index in [0.29, 0.717) is 0 Å². The predicted octanol–water partition coefficient (Wildman–Crippen LogP) is 3.49. The van der Waals surface area contributed by atoms with Crippen molar-refractivity contribution < 1.29 is 0 Å². The average molecular weight is 216 g/mol. The molecule has 1 heterocycles. The van der Waals surface area contributed by atoms with Gasteiger partial charge in [-0.25, -0.2) is 0 Å². The van der Waals surface area contributed by atoms with Crippen molar-refractivity contribution in [1.29, 1.82) is 0 Å². The first-order valence-electron chi connectivity index (χ1n) is 3.78. The number of nitrogens with zero attached hydrogens (tertiary/aromatic N) is 1. The van der Waals surface area contributed by atoms with Gasteiger partial charge in [-0.15, -0.1) is 0 Å². The summed E-state index contributed by atoms with van der Waals surface area (Å²) in [6.45, 7) is 8.12. The van der Waals surface area contributed by atoms with Crippen LogP contribution in [0.2, 0.25) is 0 Å². The number of halogens is 1. The highest BCUT2D eigenvalue weighted by Crippen LogP contribution is 2.16. The molecule has 0 saturated heterocycles. The minimum Gasteiger partial charge on any atom is -0.263 e. The zero-order valence-corrected chi connectivity index (χ0v) is 9.07. The molecule has 1 aromatic heterocycles.